The Morgan fingerprint density at radius 2 is 2.03 bits per heavy atom. The van der Waals surface area contributed by atoms with Gasteiger partial charge < -0.3 is 5.32 Å². The van der Waals surface area contributed by atoms with Gasteiger partial charge in [-0.2, -0.15) is 5.26 Å². The lowest BCUT2D eigenvalue weighted by atomic mass is 10.1. The fraction of sp³-hybridized carbons (Fsp3) is 0.348. The zero-order chi connectivity index (χ0) is 23.1. The van der Waals surface area contributed by atoms with Crippen LogP contribution in [-0.2, 0) is 24.7 Å². The number of anilines is 1. The maximum Gasteiger partial charge on any atom is 0.262 e. The molecule has 0 radical (unpaired) electrons. The molecule has 1 N–H and O–H groups in total. The Kier molecular flexibility index (Phi) is 5.68. The zero-order valence-electron chi connectivity index (χ0n) is 18.3. The largest absolute Gasteiger partial charge is 0.316 e. The number of thioether (sulfide) groups is 1. The third kappa shape index (κ3) is 3.71. The van der Waals surface area contributed by atoms with E-state index >= 15 is 0 Å². The first-order valence-corrected chi connectivity index (χ1v) is 12.5. The molecule has 1 unspecified atom stereocenters. The summed E-state index contributed by atoms with van der Waals surface area (Å²) >= 11 is 2.80. The number of aromatic nitrogens is 4. The van der Waals surface area contributed by atoms with Crippen molar-refractivity contribution in [3.8, 4) is 6.07 Å². The van der Waals surface area contributed by atoms with Gasteiger partial charge in [-0.3, -0.25) is 18.6 Å². The minimum atomic E-state index is -0.484. The highest BCUT2D eigenvalue weighted by Gasteiger charge is 2.25. The number of hydrogen-bond acceptors (Lipinski definition) is 7. The molecule has 3 aromatic heterocycles. The van der Waals surface area contributed by atoms with E-state index in [-0.39, 0.29) is 11.5 Å². The van der Waals surface area contributed by atoms with E-state index in [0.717, 1.165) is 31.2 Å². The lowest BCUT2D eigenvalue weighted by molar-refractivity contribution is -0.115. The predicted octanol–water partition coefficient (Wildman–Crippen LogP) is 3.90. The number of nitrogens with one attached hydrogen (secondary N) is 1. The van der Waals surface area contributed by atoms with E-state index in [1.165, 1.54) is 39.0 Å². The number of fused-ring (bicyclic) bond motifs is 4. The Morgan fingerprint density at radius 3 is 2.85 bits per heavy atom. The summed E-state index contributed by atoms with van der Waals surface area (Å²) in [4.78, 5) is 26.9. The van der Waals surface area contributed by atoms with Gasteiger partial charge in [0.2, 0.25) is 11.7 Å². The van der Waals surface area contributed by atoms with Crippen molar-refractivity contribution < 1.29 is 4.79 Å². The number of thiophene rings is 1. The van der Waals surface area contributed by atoms with E-state index in [2.05, 4.69) is 21.6 Å². The van der Waals surface area contributed by atoms with Gasteiger partial charge in [0.05, 0.1) is 21.7 Å². The molecule has 0 aliphatic heterocycles. The molecule has 0 spiro atoms. The van der Waals surface area contributed by atoms with Gasteiger partial charge in [0, 0.05) is 11.9 Å². The maximum atomic E-state index is 13.1. The van der Waals surface area contributed by atoms with Gasteiger partial charge >= 0.3 is 0 Å². The van der Waals surface area contributed by atoms with E-state index < -0.39 is 5.25 Å². The van der Waals surface area contributed by atoms with Crippen molar-refractivity contribution in [3.05, 3.63) is 50.6 Å². The van der Waals surface area contributed by atoms with Gasteiger partial charge in [-0.05, 0) is 50.3 Å². The first-order valence-electron chi connectivity index (χ1n) is 10.8. The number of benzene rings is 1. The molecule has 10 heteroatoms. The maximum absolute atomic E-state index is 13.1. The third-order valence-electron chi connectivity index (χ3n) is 6.02. The van der Waals surface area contributed by atoms with Crippen molar-refractivity contribution in [2.24, 2.45) is 7.05 Å². The Morgan fingerprint density at radius 1 is 1.24 bits per heavy atom. The second-order valence-electron chi connectivity index (χ2n) is 8.13. The molecule has 1 aliphatic rings. The minimum absolute atomic E-state index is 0.144. The van der Waals surface area contributed by atoms with E-state index in [4.69, 9.17) is 0 Å². The van der Waals surface area contributed by atoms with Gasteiger partial charge in [-0.1, -0.05) is 30.3 Å². The average molecular weight is 479 g/mol. The second-order valence-corrected chi connectivity index (χ2v) is 10.5. The van der Waals surface area contributed by atoms with Gasteiger partial charge in [0.25, 0.3) is 5.56 Å². The quantitative estimate of drug-likeness (QED) is 0.352. The molecule has 1 aromatic carbocycles. The normalized spacial score (nSPS) is 14.6. The first-order chi connectivity index (χ1) is 16.0. The number of hydrogen-bond donors (Lipinski definition) is 1. The van der Waals surface area contributed by atoms with E-state index in [0.29, 0.717) is 32.4 Å². The van der Waals surface area contributed by atoms with Crippen molar-refractivity contribution in [2.75, 3.05) is 5.32 Å². The van der Waals surface area contributed by atoms with Crippen molar-refractivity contribution in [1.29, 1.82) is 5.26 Å². The molecule has 4 aromatic rings. The summed E-state index contributed by atoms with van der Waals surface area (Å²) in [5.41, 5.74) is 2.27. The summed E-state index contributed by atoms with van der Waals surface area (Å²) in [6.45, 7) is 1.80. The van der Waals surface area contributed by atoms with E-state index in [1.807, 2.05) is 18.2 Å². The first kappa shape index (κ1) is 21.7. The van der Waals surface area contributed by atoms with Gasteiger partial charge in [0.1, 0.15) is 11.1 Å². The molecular formula is C23H22N6O2S2. The fourth-order valence-electron chi connectivity index (χ4n) is 4.26. The van der Waals surface area contributed by atoms with Gasteiger partial charge in [-0.15, -0.1) is 21.5 Å². The van der Waals surface area contributed by atoms with Crippen LogP contribution in [0.5, 0.6) is 0 Å². The number of amides is 1. The molecule has 0 saturated carbocycles. The van der Waals surface area contributed by atoms with Crippen molar-refractivity contribution in [1.82, 2.24) is 19.2 Å². The molecule has 5 rings (SSSR count). The van der Waals surface area contributed by atoms with Crippen LogP contribution >= 0.6 is 23.1 Å². The average Bonchev–Trinajstić information content (AvgIpc) is 3.30. The summed E-state index contributed by atoms with van der Waals surface area (Å²) in [6, 6.07) is 9.60. The lowest BCUT2D eigenvalue weighted by Gasteiger charge is -2.12. The number of nitrogens with zero attached hydrogens (tertiary/aromatic N) is 5. The Bertz CT molecular complexity index is 1490. The summed E-state index contributed by atoms with van der Waals surface area (Å²) in [7, 11) is 1.66. The lowest BCUT2D eigenvalue weighted by Crippen LogP contribution is -2.23. The third-order valence-corrected chi connectivity index (χ3v) is 8.27. The summed E-state index contributed by atoms with van der Waals surface area (Å²) in [5.74, 6) is 0.223. The van der Waals surface area contributed by atoms with Crippen LogP contribution in [0.2, 0.25) is 0 Å². The van der Waals surface area contributed by atoms with Crippen molar-refractivity contribution in [3.63, 3.8) is 0 Å². The molecule has 168 valence electrons. The molecule has 0 bridgehead atoms. The van der Waals surface area contributed by atoms with Crippen LogP contribution in [0.15, 0.2) is 34.2 Å². The van der Waals surface area contributed by atoms with Crippen LogP contribution in [0.4, 0.5) is 5.00 Å². The van der Waals surface area contributed by atoms with Gasteiger partial charge in [0.15, 0.2) is 5.16 Å². The molecule has 1 aliphatic carbocycles. The Balaban J connectivity index is 1.44. The molecule has 0 fully saturated rings. The Hall–Kier alpha value is -3.16. The monoisotopic (exact) mass is 478 g/mol. The molecule has 33 heavy (non-hydrogen) atoms. The number of para-hydroxylation sites is 1. The van der Waals surface area contributed by atoms with Gasteiger partial charge in [-0.25, -0.2) is 0 Å². The summed E-state index contributed by atoms with van der Waals surface area (Å²) in [5, 5.41) is 22.4. The Labute approximate surface area is 198 Å². The minimum Gasteiger partial charge on any atom is -0.316 e. The van der Waals surface area contributed by atoms with Crippen LogP contribution in [0, 0.1) is 11.3 Å². The standard InChI is InChI=1S/C23H22N6O2S2/c1-13(19(30)25-20-16(12-24)14-8-4-3-5-11-18(14)33-20)32-23-27-26-22-28(2)21(31)15-9-6-7-10-17(15)29(22)23/h6-7,9-10,13H,3-5,8,11H2,1-2H3,(H,25,30). The van der Waals surface area contributed by atoms with Crippen LogP contribution in [-0.4, -0.2) is 30.3 Å². The van der Waals surface area contributed by atoms with E-state index in [1.54, 1.807) is 24.4 Å². The SMILES string of the molecule is CC(Sc1nnc2n(C)c(=O)c3ccccc3n12)C(=O)Nc1sc2c(c1C#N)CCCCC2. The number of aryl methyl sites for hydroxylation is 2. The van der Waals surface area contributed by atoms with Crippen molar-refractivity contribution >= 4 is 50.7 Å². The molecule has 8 nitrogen and oxygen atoms in total. The number of nitriles is 1. The predicted molar refractivity (Wildman–Crippen MR) is 130 cm³/mol. The zero-order valence-corrected chi connectivity index (χ0v) is 19.9. The number of rotatable bonds is 4. The van der Waals surface area contributed by atoms with Crippen LogP contribution < -0.4 is 10.9 Å². The highest BCUT2D eigenvalue weighted by Crippen LogP contribution is 2.37. The molecule has 0 saturated heterocycles. The summed E-state index contributed by atoms with van der Waals surface area (Å²) < 4.78 is 3.27. The fourth-order valence-corrected chi connectivity index (χ4v) is 6.36. The molecular weight excluding hydrogens is 456 g/mol. The van der Waals surface area contributed by atoms with Crippen LogP contribution in [0.25, 0.3) is 16.7 Å². The number of carbonyl (C=O) groups excluding carboxylic acids is 1. The van der Waals surface area contributed by atoms with E-state index in [9.17, 15) is 14.9 Å². The number of carbonyl (C=O) groups is 1. The second kappa shape index (κ2) is 8.65. The van der Waals surface area contributed by atoms with Crippen LogP contribution in [0.3, 0.4) is 0 Å². The highest BCUT2D eigenvalue weighted by molar-refractivity contribution is 8.00. The molecule has 1 amide bonds. The summed E-state index contributed by atoms with van der Waals surface area (Å²) in [6.07, 6.45) is 5.23. The van der Waals surface area contributed by atoms with Crippen molar-refractivity contribution in [2.45, 2.75) is 49.4 Å². The highest BCUT2D eigenvalue weighted by atomic mass is 32.2. The smallest absolute Gasteiger partial charge is 0.262 e. The molecule has 1 atom stereocenters. The molecule has 3 heterocycles. The van der Waals surface area contributed by atoms with Crippen LogP contribution in [0.1, 0.15) is 42.2 Å². The topological polar surface area (TPSA) is 105 Å².